The summed E-state index contributed by atoms with van der Waals surface area (Å²) in [4.78, 5) is 27.0. The van der Waals surface area contributed by atoms with Crippen molar-refractivity contribution in [3.8, 4) is 0 Å². The van der Waals surface area contributed by atoms with Gasteiger partial charge in [-0.05, 0) is 30.2 Å². The first-order chi connectivity index (χ1) is 15.5. The highest BCUT2D eigenvalue weighted by Crippen LogP contribution is 2.44. The van der Waals surface area contributed by atoms with Crippen LogP contribution in [0, 0.1) is 0 Å². The summed E-state index contributed by atoms with van der Waals surface area (Å²) in [6.07, 6.45) is -4.62. The van der Waals surface area contributed by atoms with Gasteiger partial charge in [0, 0.05) is 36.5 Å². The van der Waals surface area contributed by atoms with Crippen molar-refractivity contribution in [1.29, 1.82) is 0 Å². The van der Waals surface area contributed by atoms with Crippen LogP contribution in [-0.4, -0.2) is 40.3 Å². The van der Waals surface area contributed by atoms with Crippen LogP contribution in [-0.2, 0) is 23.5 Å². The number of likely N-dealkylation sites (tertiary alicyclic amines) is 1. The van der Waals surface area contributed by atoms with Crippen molar-refractivity contribution < 1.29 is 32.3 Å². The first kappa shape index (κ1) is 25.2. The molecule has 1 saturated heterocycles. The summed E-state index contributed by atoms with van der Waals surface area (Å²) in [5.41, 5.74) is 2.53. The number of benzene rings is 2. The van der Waals surface area contributed by atoms with E-state index in [4.69, 9.17) is 17.3 Å². The zero-order chi connectivity index (χ0) is 24.4. The van der Waals surface area contributed by atoms with Crippen LogP contribution in [0.1, 0.15) is 36.5 Å². The van der Waals surface area contributed by atoms with Gasteiger partial charge < -0.3 is 16.2 Å². The topological polar surface area (TPSA) is 92.4 Å². The normalized spacial score (nSPS) is 22.6. The molecule has 0 bridgehead atoms. The van der Waals surface area contributed by atoms with E-state index in [0.29, 0.717) is 29.0 Å². The highest BCUT2D eigenvalue weighted by atomic mass is 35.5. The van der Waals surface area contributed by atoms with E-state index in [1.807, 2.05) is 0 Å². The molecule has 0 radical (unpaired) electrons. The second kappa shape index (κ2) is 9.42. The number of carbonyl (C=O) groups excluding carboxylic acids is 2. The number of urea groups is 1. The minimum Gasteiger partial charge on any atom is -0.365 e. The minimum absolute atomic E-state index is 0.0816. The Morgan fingerprint density at radius 3 is 2.39 bits per heavy atom. The molecule has 0 aliphatic carbocycles. The fourth-order valence-corrected chi connectivity index (χ4v) is 4.61. The van der Waals surface area contributed by atoms with Crippen LogP contribution < -0.4 is 11.1 Å². The van der Waals surface area contributed by atoms with Gasteiger partial charge >= 0.3 is 23.7 Å². The number of rotatable bonds is 5. The van der Waals surface area contributed by atoms with E-state index in [9.17, 15) is 27.9 Å². The lowest BCUT2D eigenvalue weighted by Gasteiger charge is -2.39. The Bertz CT molecular complexity index is 1030. The molecular weight excluding hydrogens is 459 g/mol. The van der Waals surface area contributed by atoms with Gasteiger partial charge in [-0.3, -0.25) is 0 Å². The number of amides is 3. The molecule has 0 spiro atoms. The highest BCUT2D eigenvalue weighted by Gasteiger charge is 2.70. The molecule has 4 N–H and O–H groups in total. The van der Waals surface area contributed by atoms with Gasteiger partial charge in [0.15, 0.2) is 0 Å². The maximum Gasteiger partial charge on any atom is 0.434 e. The number of imide groups is 1. The smallest absolute Gasteiger partial charge is 0.365 e. The first-order valence-corrected chi connectivity index (χ1v) is 10.9. The van der Waals surface area contributed by atoms with Gasteiger partial charge in [0.05, 0.1) is 6.54 Å². The lowest BCUT2D eigenvalue weighted by atomic mass is 9.90. The summed E-state index contributed by atoms with van der Waals surface area (Å²) < 4.78 is 41.5. The largest absolute Gasteiger partial charge is 0.434 e. The number of hydrogen-bond acceptors (Lipinski definition) is 4. The predicted octanol–water partition coefficient (Wildman–Crippen LogP) is 3.98. The van der Waals surface area contributed by atoms with Gasteiger partial charge in [0.2, 0.25) is 0 Å². The Hall–Kier alpha value is -2.46. The molecule has 1 aliphatic heterocycles. The van der Waals surface area contributed by atoms with Crippen molar-refractivity contribution in [2.24, 2.45) is 5.73 Å². The molecule has 0 aromatic heterocycles. The van der Waals surface area contributed by atoms with Crippen LogP contribution >= 0.6 is 11.6 Å². The molecule has 10 heteroatoms. The number of nitrogens with one attached hydrogen (secondary N) is 1. The summed E-state index contributed by atoms with van der Waals surface area (Å²) >= 11 is 6.03. The van der Waals surface area contributed by atoms with Crippen molar-refractivity contribution in [3.63, 3.8) is 0 Å². The zero-order valence-corrected chi connectivity index (χ0v) is 18.8. The molecule has 3 rings (SSSR count). The third kappa shape index (κ3) is 4.38. The monoisotopic (exact) mass is 484 g/mol. The maximum atomic E-state index is 14.2. The lowest BCUT2D eigenvalue weighted by molar-refractivity contribution is -0.790. The number of nitrogens with zero attached hydrogens (tertiary/aromatic N) is 1. The first-order valence-electron chi connectivity index (χ1n) is 10.5. The number of aliphatic hydroxyl groups is 1. The van der Waals surface area contributed by atoms with Gasteiger partial charge in [0.25, 0.3) is 0 Å². The van der Waals surface area contributed by atoms with Crippen LogP contribution in [0.3, 0.4) is 0 Å². The molecule has 1 aliphatic rings. The molecule has 33 heavy (non-hydrogen) atoms. The predicted molar refractivity (Wildman–Crippen MR) is 117 cm³/mol. The average Bonchev–Trinajstić information content (AvgIpc) is 3.18. The number of halogens is 4. The number of quaternary nitrogens is 1. The second-order valence-corrected chi connectivity index (χ2v) is 8.68. The van der Waals surface area contributed by atoms with E-state index in [-0.39, 0.29) is 19.6 Å². The molecule has 2 unspecified atom stereocenters. The standard InChI is InChI=1S/C23H25ClF3N3O3/c1-15-6-5-11-30(15,21(32)29-14-17-12-19(24)10-9-16(17)13-28)20(31)22(33,23(25,26)27)18-7-3-2-4-8-18/h2-4,7-10,12,15,33H,5-6,11,13-14,28H2,1H3/p+1/t15-,22?,30?/m1/s1. The Kier molecular flexibility index (Phi) is 7.18. The van der Waals surface area contributed by atoms with Crippen molar-refractivity contribution in [3.05, 3.63) is 70.2 Å². The molecule has 3 amide bonds. The molecular formula is C23H26ClF3N3O3+. The van der Waals surface area contributed by atoms with Gasteiger partial charge in [0.1, 0.15) is 6.04 Å². The van der Waals surface area contributed by atoms with E-state index in [1.54, 1.807) is 18.2 Å². The Morgan fingerprint density at radius 1 is 1.18 bits per heavy atom. The summed E-state index contributed by atoms with van der Waals surface area (Å²) in [5.74, 6) is -1.62. The summed E-state index contributed by atoms with van der Waals surface area (Å²) in [7, 11) is 0. The quantitative estimate of drug-likeness (QED) is 0.560. The molecule has 1 heterocycles. The van der Waals surface area contributed by atoms with Crippen molar-refractivity contribution >= 4 is 23.5 Å². The molecule has 3 atom stereocenters. The Labute approximate surface area is 194 Å². The van der Waals surface area contributed by atoms with Crippen LogP contribution in [0.4, 0.5) is 18.0 Å². The summed E-state index contributed by atoms with van der Waals surface area (Å²) in [6.45, 7) is 1.47. The number of carbonyl (C=O) groups is 2. The van der Waals surface area contributed by atoms with E-state index in [0.717, 1.165) is 12.1 Å². The maximum absolute atomic E-state index is 14.2. The van der Waals surface area contributed by atoms with Crippen molar-refractivity contribution in [2.45, 2.75) is 50.7 Å². The summed E-state index contributed by atoms with van der Waals surface area (Å²) in [5, 5.41) is 13.9. The minimum atomic E-state index is -5.33. The molecule has 0 saturated carbocycles. The van der Waals surface area contributed by atoms with E-state index in [1.165, 1.54) is 25.1 Å². The SMILES string of the molecule is C[C@@H]1CCC[N+]1(C(=O)NCc1cc(Cl)ccc1CN)C(=O)C(O)(c1ccccc1)C(F)(F)F. The van der Waals surface area contributed by atoms with Gasteiger partial charge in [-0.1, -0.05) is 48.0 Å². The van der Waals surface area contributed by atoms with E-state index in [2.05, 4.69) is 5.32 Å². The van der Waals surface area contributed by atoms with Crippen LogP contribution in [0.5, 0.6) is 0 Å². The van der Waals surface area contributed by atoms with Gasteiger partial charge in [-0.2, -0.15) is 17.7 Å². The fraction of sp³-hybridized carbons (Fsp3) is 0.391. The van der Waals surface area contributed by atoms with E-state index < -0.39 is 39.8 Å². The zero-order valence-electron chi connectivity index (χ0n) is 18.0. The molecule has 6 nitrogen and oxygen atoms in total. The van der Waals surface area contributed by atoms with E-state index >= 15 is 0 Å². The third-order valence-corrected chi connectivity index (χ3v) is 6.57. The van der Waals surface area contributed by atoms with Crippen LogP contribution in [0.25, 0.3) is 0 Å². The molecule has 1 fully saturated rings. The number of alkyl halides is 3. The van der Waals surface area contributed by atoms with Gasteiger partial charge in [-0.15, -0.1) is 0 Å². The Morgan fingerprint density at radius 2 is 1.85 bits per heavy atom. The summed E-state index contributed by atoms with van der Waals surface area (Å²) in [6, 6.07) is 9.37. The van der Waals surface area contributed by atoms with Crippen molar-refractivity contribution in [2.75, 3.05) is 6.54 Å². The van der Waals surface area contributed by atoms with Gasteiger partial charge in [-0.25, -0.2) is 9.59 Å². The van der Waals surface area contributed by atoms with Crippen LogP contribution in [0.2, 0.25) is 5.02 Å². The second-order valence-electron chi connectivity index (χ2n) is 8.24. The third-order valence-electron chi connectivity index (χ3n) is 6.34. The molecule has 2 aromatic rings. The molecule has 178 valence electrons. The average molecular weight is 485 g/mol. The highest BCUT2D eigenvalue weighted by molar-refractivity contribution is 6.30. The van der Waals surface area contributed by atoms with Crippen molar-refractivity contribution in [1.82, 2.24) is 5.32 Å². The molecule has 2 aromatic carbocycles. The number of nitrogens with two attached hydrogens (primary N) is 1. The number of hydrogen-bond donors (Lipinski definition) is 3. The lowest BCUT2D eigenvalue weighted by Crippen LogP contribution is -2.70. The van der Waals surface area contributed by atoms with Crippen LogP contribution in [0.15, 0.2) is 48.5 Å². The fourth-order valence-electron chi connectivity index (χ4n) is 4.42. The Balaban J connectivity index is 2.01.